The van der Waals surface area contributed by atoms with E-state index in [9.17, 15) is 4.79 Å². The van der Waals surface area contributed by atoms with Gasteiger partial charge in [0.1, 0.15) is 5.69 Å². The van der Waals surface area contributed by atoms with Crippen LogP contribution in [0.3, 0.4) is 0 Å². The van der Waals surface area contributed by atoms with Gasteiger partial charge in [0, 0.05) is 37.8 Å². The molecule has 1 amide bonds. The third kappa shape index (κ3) is 3.74. The number of rotatable bonds is 3. The first kappa shape index (κ1) is 17.4. The number of anilines is 2. The average Bonchev–Trinajstić information content (AvgIpc) is 3.17. The molecule has 2 saturated heterocycles. The smallest absolute Gasteiger partial charge is 0.272 e. The molecule has 27 heavy (non-hydrogen) atoms. The van der Waals surface area contributed by atoms with E-state index in [1.165, 1.54) is 0 Å². The number of nitrogens with one attached hydrogen (secondary N) is 1. The van der Waals surface area contributed by atoms with Gasteiger partial charge in [-0.15, -0.1) is 0 Å². The molecule has 1 spiro atoms. The lowest BCUT2D eigenvalue weighted by Crippen LogP contribution is -2.47. The summed E-state index contributed by atoms with van der Waals surface area (Å²) in [7, 11) is 0. The molecule has 0 atom stereocenters. The van der Waals surface area contributed by atoms with Gasteiger partial charge >= 0.3 is 0 Å². The number of amides is 1. The summed E-state index contributed by atoms with van der Waals surface area (Å²) in [5, 5.41) is 11.9. The van der Waals surface area contributed by atoms with Gasteiger partial charge in [-0.05, 0) is 30.3 Å². The fourth-order valence-electron chi connectivity index (χ4n) is 3.29. The van der Waals surface area contributed by atoms with Crippen LogP contribution in [0.4, 0.5) is 11.6 Å². The molecule has 2 fully saturated rings. The number of hydrogen-bond acceptors (Lipinski definition) is 7. The van der Waals surface area contributed by atoms with E-state index in [2.05, 4.69) is 21.4 Å². The van der Waals surface area contributed by atoms with Crippen LogP contribution in [0, 0.1) is 11.3 Å². The summed E-state index contributed by atoms with van der Waals surface area (Å²) in [6, 6.07) is 10.6. The Morgan fingerprint density at radius 2 is 1.85 bits per heavy atom. The Labute approximate surface area is 156 Å². The highest BCUT2D eigenvalue weighted by molar-refractivity contribution is 5.92. The largest absolute Gasteiger partial charge is 0.347 e. The number of carbonyl (C=O) groups excluding carboxylic acids is 1. The number of nitrogens with zero attached hydrogens (tertiary/aromatic N) is 4. The first-order chi connectivity index (χ1) is 13.2. The molecule has 0 unspecified atom stereocenters. The second-order valence-electron chi connectivity index (χ2n) is 6.48. The summed E-state index contributed by atoms with van der Waals surface area (Å²) >= 11 is 0. The number of piperidine rings is 1. The summed E-state index contributed by atoms with van der Waals surface area (Å²) in [6.07, 6.45) is 2.89. The topological polar surface area (TPSA) is 100 Å². The SMILES string of the molecule is N#Cc1ccc(Nc2nccc(C(=O)N3CCC4(CC3)OCCO4)n2)cc1. The van der Waals surface area contributed by atoms with Crippen molar-refractivity contribution in [2.75, 3.05) is 31.6 Å². The maximum absolute atomic E-state index is 12.8. The molecular formula is C19H19N5O3. The highest BCUT2D eigenvalue weighted by atomic mass is 16.7. The second-order valence-corrected chi connectivity index (χ2v) is 6.48. The van der Waals surface area contributed by atoms with Crippen molar-refractivity contribution >= 4 is 17.5 Å². The van der Waals surface area contributed by atoms with Crippen LogP contribution in [0.2, 0.25) is 0 Å². The van der Waals surface area contributed by atoms with Crippen LogP contribution >= 0.6 is 0 Å². The minimum absolute atomic E-state index is 0.131. The van der Waals surface area contributed by atoms with Crippen molar-refractivity contribution in [3.05, 3.63) is 47.8 Å². The van der Waals surface area contributed by atoms with E-state index in [0.717, 1.165) is 5.69 Å². The van der Waals surface area contributed by atoms with Crippen molar-refractivity contribution in [3.8, 4) is 6.07 Å². The lowest BCUT2D eigenvalue weighted by molar-refractivity contribution is -0.181. The Morgan fingerprint density at radius 3 is 2.52 bits per heavy atom. The van der Waals surface area contributed by atoms with Gasteiger partial charge in [0.25, 0.3) is 5.91 Å². The van der Waals surface area contributed by atoms with Gasteiger partial charge in [0.05, 0.1) is 24.8 Å². The third-order valence-electron chi connectivity index (χ3n) is 4.77. The zero-order valence-electron chi connectivity index (χ0n) is 14.7. The zero-order chi connectivity index (χ0) is 18.7. The molecule has 2 aromatic rings. The summed E-state index contributed by atoms with van der Waals surface area (Å²) in [6.45, 7) is 2.37. The number of hydrogen-bond donors (Lipinski definition) is 1. The predicted octanol–water partition coefficient (Wildman–Crippen LogP) is 2.07. The lowest BCUT2D eigenvalue weighted by atomic mass is 10.0. The molecular weight excluding hydrogens is 346 g/mol. The first-order valence-corrected chi connectivity index (χ1v) is 8.85. The molecule has 138 valence electrons. The molecule has 0 bridgehead atoms. The van der Waals surface area contributed by atoms with Crippen molar-refractivity contribution in [1.82, 2.24) is 14.9 Å². The molecule has 4 rings (SSSR count). The van der Waals surface area contributed by atoms with Crippen LogP contribution < -0.4 is 5.32 Å². The zero-order valence-corrected chi connectivity index (χ0v) is 14.7. The summed E-state index contributed by atoms with van der Waals surface area (Å²) in [5.41, 5.74) is 1.66. The molecule has 0 saturated carbocycles. The van der Waals surface area contributed by atoms with Crippen molar-refractivity contribution in [2.45, 2.75) is 18.6 Å². The van der Waals surface area contributed by atoms with Crippen LogP contribution in [-0.4, -0.2) is 52.9 Å². The minimum Gasteiger partial charge on any atom is -0.347 e. The minimum atomic E-state index is -0.509. The van der Waals surface area contributed by atoms with E-state index in [-0.39, 0.29) is 5.91 Å². The molecule has 2 aliphatic heterocycles. The van der Waals surface area contributed by atoms with Crippen LogP contribution in [-0.2, 0) is 9.47 Å². The number of aromatic nitrogens is 2. The van der Waals surface area contributed by atoms with E-state index < -0.39 is 5.79 Å². The quantitative estimate of drug-likeness (QED) is 0.888. The predicted molar refractivity (Wildman–Crippen MR) is 96.2 cm³/mol. The van der Waals surface area contributed by atoms with Gasteiger partial charge < -0.3 is 19.7 Å². The molecule has 8 heteroatoms. The molecule has 0 aliphatic carbocycles. The molecule has 1 N–H and O–H groups in total. The van der Waals surface area contributed by atoms with E-state index in [4.69, 9.17) is 14.7 Å². The molecule has 8 nitrogen and oxygen atoms in total. The van der Waals surface area contributed by atoms with E-state index in [1.54, 1.807) is 41.4 Å². The number of ether oxygens (including phenoxy) is 2. The van der Waals surface area contributed by atoms with Gasteiger partial charge in [-0.2, -0.15) is 5.26 Å². The second kappa shape index (κ2) is 7.31. The Bertz CT molecular complexity index is 862. The van der Waals surface area contributed by atoms with Crippen molar-refractivity contribution in [3.63, 3.8) is 0 Å². The van der Waals surface area contributed by atoms with Crippen molar-refractivity contribution < 1.29 is 14.3 Å². The Hall–Kier alpha value is -3.02. The first-order valence-electron chi connectivity index (χ1n) is 8.85. The van der Waals surface area contributed by atoms with E-state index >= 15 is 0 Å². The van der Waals surface area contributed by atoms with Gasteiger partial charge in [0.15, 0.2) is 5.79 Å². The number of nitriles is 1. The third-order valence-corrected chi connectivity index (χ3v) is 4.77. The molecule has 1 aromatic carbocycles. The maximum Gasteiger partial charge on any atom is 0.272 e. The monoisotopic (exact) mass is 365 g/mol. The van der Waals surface area contributed by atoms with Gasteiger partial charge in [-0.1, -0.05) is 0 Å². The summed E-state index contributed by atoms with van der Waals surface area (Å²) < 4.78 is 11.4. The highest BCUT2D eigenvalue weighted by Crippen LogP contribution is 2.31. The molecule has 3 heterocycles. The number of carbonyl (C=O) groups is 1. The Kier molecular flexibility index (Phi) is 4.71. The number of likely N-dealkylation sites (tertiary alicyclic amines) is 1. The normalized spacial score (nSPS) is 18.3. The van der Waals surface area contributed by atoms with Crippen molar-refractivity contribution in [2.24, 2.45) is 0 Å². The van der Waals surface area contributed by atoms with Crippen LogP contribution in [0.25, 0.3) is 0 Å². The van der Waals surface area contributed by atoms with Gasteiger partial charge in [0.2, 0.25) is 5.95 Å². The van der Waals surface area contributed by atoms with Crippen LogP contribution in [0.5, 0.6) is 0 Å². The fourth-order valence-corrected chi connectivity index (χ4v) is 3.29. The standard InChI is InChI=1S/C19H19N5O3/c20-13-14-1-3-15(4-2-14)22-18-21-8-5-16(23-18)17(25)24-9-6-19(7-10-24)26-11-12-27-19/h1-5,8H,6-7,9-12H2,(H,21,22,23). The van der Waals surface area contributed by atoms with Crippen LogP contribution in [0.1, 0.15) is 28.9 Å². The Morgan fingerprint density at radius 1 is 1.15 bits per heavy atom. The van der Waals surface area contributed by atoms with Crippen molar-refractivity contribution in [1.29, 1.82) is 5.26 Å². The lowest BCUT2D eigenvalue weighted by Gasteiger charge is -2.37. The summed E-state index contributed by atoms with van der Waals surface area (Å²) in [4.78, 5) is 23.0. The fraction of sp³-hybridized carbons (Fsp3) is 0.368. The van der Waals surface area contributed by atoms with E-state index in [1.807, 2.05) is 0 Å². The molecule has 0 radical (unpaired) electrons. The summed E-state index contributed by atoms with van der Waals surface area (Å²) in [5.74, 6) is -0.306. The average molecular weight is 365 g/mol. The Balaban J connectivity index is 1.42. The van der Waals surface area contributed by atoms with Gasteiger partial charge in [-0.3, -0.25) is 4.79 Å². The van der Waals surface area contributed by atoms with E-state index in [0.29, 0.717) is 56.4 Å². The maximum atomic E-state index is 12.8. The molecule has 2 aliphatic rings. The highest BCUT2D eigenvalue weighted by Gasteiger charge is 2.41. The number of benzene rings is 1. The van der Waals surface area contributed by atoms with Crippen LogP contribution in [0.15, 0.2) is 36.5 Å². The van der Waals surface area contributed by atoms with Gasteiger partial charge in [-0.25, -0.2) is 9.97 Å². The molecule has 1 aromatic heterocycles.